The smallest absolute Gasteiger partial charge is 0.412 e. The van der Waals surface area contributed by atoms with Crippen LogP contribution < -0.4 is 10.1 Å². The third-order valence-electron chi connectivity index (χ3n) is 2.47. The molecule has 0 aliphatic rings. The molecule has 1 rings (SSSR count). The summed E-state index contributed by atoms with van der Waals surface area (Å²) in [5.41, 5.74) is 0.846. The quantitative estimate of drug-likeness (QED) is 0.890. The van der Waals surface area contributed by atoms with E-state index in [1.807, 2.05) is 6.07 Å². The second kappa shape index (κ2) is 6.61. The number of aliphatic hydroxyl groups is 1. The van der Waals surface area contributed by atoms with Crippen LogP contribution in [0.25, 0.3) is 0 Å². The van der Waals surface area contributed by atoms with Crippen molar-refractivity contribution in [3.63, 3.8) is 0 Å². The van der Waals surface area contributed by atoms with E-state index < -0.39 is 17.8 Å². The maximum Gasteiger partial charge on any atom is 0.412 e. The number of ether oxygens (including phenoxy) is 2. The largest absolute Gasteiger partial charge is 0.497 e. The molecule has 5 heteroatoms. The molecule has 0 aliphatic heterocycles. The van der Waals surface area contributed by atoms with Crippen LogP contribution >= 0.6 is 0 Å². The van der Waals surface area contributed by atoms with Gasteiger partial charge in [0, 0.05) is 12.5 Å². The number of anilines is 1. The van der Waals surface area contributed by atoms with Crippen LogP contribution in [-0.2, 0) is 11.2 Å². The maximum atomic E-state index is 11.8. The molecule has 0 heterocycles. The molecule has 0 saturated heterocycles. The van der Waals surface area contributed by atoms with Crippen molar-refractivity contribution in [2.45, 2.75) is 45.8 Å². The van der Waals surface area contributed by atoms with Crippen LogP contribution in [0.3, 0.4) is 0 Å². The number of aliphatic hydroxyl groups excluding tert-OH is 1. The van der Waals surface area contributed by atoms with Gasteiger partial charge in [-0.25, -0.2) is 4.79 Å². The van der Waals surface area contributed by atoms with Gasteiger partial charge in [0.25, 0.3) is 0 Å². The molecule has 0 bridgehead atoms. The van der Waals surface area contributed by atoms with Crippen molar-refractivity contribution in [2.75, 3.05) is 12.4 Å². The van der Waals surface area contributed by atoms with E-state index >= 15 is 0 Å². The zero-order chi connectivity index (χ0) is 15.3. The average Bonchev–Trinajstić information content (AvgIpc) is 2.28. The fourth-order valence-corrected chi connectivity index (χ4v) is 1.71. The highest BCUT2D eigenvalue weighted by atomic mass is 16.6. The molecule has 0 aromatic heterocycles. The van der Waals surface area contributed by atoms with Crippen molar-refractivity contribution in [3.05, 3.63) is 23.8 Å². The highest BCUT2D eigenvalue weighted by molar-refractivity contribution is 5.86. The van der Waals surface area contributed by atoms with E-state index in [9.17, 15) is 9.90 Å². The highest BCUT2D eigenvalue weighted by Gasteiger charge is 2.18. The Hall–Kier alpha value is -1.75. The molecule has 112 valence electrons. The zero-order valence-electron chi connectivity index (χ0n) is 12.7. The van der Waals surface area contributed by atoms with Crippen LogP contribution in [0.15, 0.2) is 18.2 Å². The number of carbonyl (C=O) groups is 1. The monoisotopic (exact) mass is 281 g/mol. The standard InChI is InChI=1S/C15H23NO4/c1-10(17)8-11-6-7-12(19-5)9-13(11)16-14(18)20-15(2,3)4/h6-7,9-10,17H,8H2,1-5H3,(H,16,18)/t10-/m0/s1. The second-order valence-electron chi connectivity index (χ2n) is 5.70. The number of hydrogen-bond donors (Lipinski definition) is 2. The lowest BCUT2D eigenvalue weighted by atomic mass is 10.1. The van der Waals surface area contributed by atoms with Gasteiger partial charge in [-0.15, -0.1) is 0 Å². The zero-order valence-corrected chi connectivity index (χ0v) is 12.7. The summed E-state index contributed by atoms with van der Waals surface area (Å²) in [5, 5.41) is 12.2. The van der Waals surface area contributed by atoms with Crippen molar-refractivity contribution in [2.24, 2.45) is 0 Å². The molecule has 0 radical (unpaired) electrons. The SMILES string of the molecule is COc1ccc(C[C@H](C)O)c(NC(=O)OC(C)(C)C)c1. The molecule has 0 unspecified atom stereocenters. The Bertz CT molecular complexity index is 463. The molecule has 1 amide bonds. The van der Waals surface area contributed by atoms with Crippen LogP contribution in [0.5, 0.6) is 5.75 Å². The number of methoxy groups -OCH3 is 1. The van der Waals surface area contributed by atoms with Crippen LogP contribution in [0.1, 0.15) is 33.3 Å². The Morgan fingerprint density at radius 1 is 1.40 bits per heavy atom. The number of benzene rings is 1. The first-order chi connectivity index (χ1) is 9.21. The molecular formula is C15H23NO4. The molecule has 20 heavy (non-hydrogen) atoms. The van der Waals surface area contributed by atoms with Gasteiger partial charge in [0.2, 0.25) is 0 Å². The summed E-state index contributed by atoms with van der Waals surface area (Å²) < 4.78 is 10.4. The second-order valence-corrected chi connectivity index (χ2v) is 5.70. The van der Waals surface area contributed by atoms with Crippen molar-refractivity contribution in [1.29, 1.82) is 0 Å². The van der Waals surface area contributed by atoms with Gasteiger partial charge in [0.15, 0.2) is 0 Å². The topological polar surface area (TPSA) is 67.8 Å². The summed E-state index contributed by atoms with van der Waals surface area (Å²) in [6, 6.07) is 5.32. The Labute approximate surface area is 119 Å². The number of hydrogen-bond acceptors (Lipinski definition) is 4. The van der Waals surface area contributed by atoms with E-state index in [4.69, 9.17) is 9.47 Å². The van der Waals surface area contributed by atoms with Gasteiger partial charge >= 0.3 is 6.09 Å². The number of rotatable bonds is 4. The van der Waals surface area contributed by atoms with Gasteiger partial charge in [0.1, 0.15) is 11.4 Å². The number of nitrogens with one attached hydrogen (secondary N) is 1. The summed E-state index contributed by atoms with van der Waals surface area (Å²) in [6.07, 6.45) is -0.588. The normalized spacial score (nSPS) is 12.7. The summed E-state index contributed by atoms with van der Waals surface area (Å²) in [7, 11) is 1.56. The third kappa shape index (κ3) is 5.48. The fraction of sp³-hybridized carbons (Fsp3) is 0.533. The van der Waals surface area contributed by atoms with Gasteiger partial charge in [-0.2, -0.15) is 0 Å². The van der Waals surface area contributed by atoms with Crippen LogP contribution in [0, 0.1) is 0 Å². The molecule has 1 atom stereocenters. The van der Waals surface area contributed by atoms with E-state index in [-0.39, 0.29) is 0 Å². The molecule has 0 fully saturated rings. The lowest BCUT2D eigenvalue weighted by Gasteiger charge is -2.21. The van der Waals surface area contributed by atoms with Crippen LogP contribution in [0.2, 0.25) is 0 Å². The summed E-state index contributed by atoms with van der Waals surface area (Å²) in [6.45, 7) is 7.10. The predicted octanol–water partition coefficient (Wildman–Crippen LogP) is 2.97. The van der Waals surface area contributed by atoms with E-state index in [0.717, 1.165) is 5.56 Å². The number of carbonyl (C=O) groups excluding carboxylic acids is 1. The first-order valence-corrected chi connectivity index (χ1v) is 6.56. The number of amides is 1. The van der Waals surface area contributed by atoms with Crippen molar-refractivity contribution >= 4 is 11.8 Å². The van der Waals surface area contributed by atoms with Gasteiger partial charge in [-0.05, 0) is 39.3 Å². The van der Waals surface area contributed by atoms with Crippen molar-refractivity contribution in [1.82, 2.24) is 0 Å². The first kappa shape index (κ1) is 16.3. The molecule has 0 spiro atoms. The van der Waals surface area contributed by atoms with E-state index in [0.29, 0.717) is 17.9 Å². The molecule has 0 saturated carbocycles. The van der Waals surface area contributed by atoms with Crippen molar-refractivity contribution in [3.8, 4) is 5.75 Å². The molecule has 0 aliphatic carbocycles. The fourth-order valence-electron chi connectivity index (χ4n) is 1.71. The first-order valence-electron chi connectivity index (χ1n) is 6.56. The van der Waals surface area contributed by atoms with Gasteiger partial charge in [0.05, 0.1) is 18.9 Å². The molecule has 1 aromatic carbocycles. The maximum absolute atomic E-state index is 11.8. The molecule has 2 N–H and O–H groups in total. The summed E-state index contributed by atoms with van der Waals surface area (Å²) >= 11 is 0. The molecule has 5 nitrogen and oxygen atoms in total. The Morgan fingerprint density at radius 3 is 2.55 bits per heavy atom. The Morgan fingerprint density at radius 2 is 2.05 bits per heavy atom. The molecule has 1 aromatic rings. The molecular weight excluding hydrogens is 258 g/mol. The lowest BCUT2D eigenvalue weighted by Crippen LogP contribution is -2.27. The average molecular weight is 281 g/mol. The van der Waals surface area contributed by atoms with E-state index in [1.54, 1.807) is 46.9 Å². The minimum atomic E-state index is -0.562. The van der Waals surface area contributed by atoms with E-state index in [2.05, 4.69) is 5.32 Å². The van der Waals surface area contributed by atoms with Gasteiger partial charge in [-0.1, -0.05) is 6.07 Å². The summed E-state index contributed by atoms with van der Waals surface area (Å²) in [5.74, 6) is 0.630. The lowest BCUT2D eigenvalue weighted by molar-refractivity contribution is 0.0635. The van der Waals surface area contributed by atoms with Gasteiger partial charge < -0.3 is 14.6 Å². The minimum Gasteiger partial charge on any atom is -0.497 e. The highest BCUT2D eigenvalue weighted by Crippen LogP contribution is 2.24. The Balaban J connectivity index is 2.92. The minimum absolute atomic E-state index is 0.440. The summed E-state index contributed by atoms with van der Waals surface area (Å²) in [4.78, 5) is 11.8. The van der Waals surface area contributed by atoms with E-state index in [1.165, 1.54) is 0 Å². The van der Waals surface area contributed by atoms with Crippen molar-refractivity contribution < 1.29 is 19.4 Å². The van der Waals surface area contributed by atoms with Crippen LogP contribution in [-0.4, -0.2) is 30.0 Å². The van der Waals surface area contributed by atoms with Crippen LogP contribution in [0.4, 0.5) is 10.5 Å². The van der Waals surface area contributed by atoms with Gasteiger partial charge in [-0.3, -0.25) is 5.32 Å². The predicted molar refractivity (Wildman–Crippen MR) is 78.2 cm³/mol. The Kier molecular flexibility index (Phi) is 5.39. The third-order valence-corrected chi connectivity index (χ3v) is 2.47.